The Morgan fingerprint density at radius 1 is 0.851 bits per heavy atom. The molecular weight excluding hydrogens is 593 g/mol. The minimum Gasteiger partial charge on any atom is -0.492 e. The number of likely N-dealkylation sites (N-methyl/N-ethyl adjacent to an activating group) is 1. The molecule has 0 aliphatic rings. The molecule has 0 unspecified atom stereocenters. The molecule has 0 atom stereocenters. The summed E-state index contributed by atoms with van der Waals surface area (Å²) in [5, 5.41) is 12.5. The van der Waals surface area contributed by atoms with Crippen LogP contribution in [-0.2, 0) is 11.2 Å². The van der Waals surface area contributed by atoms with Gasteiger partial charge in [0, 0.05) is 46.9 Å². The topological polar surface area (TPSA) is 112 Å². The van der Waals surface area contributed by atoms with Crippen LogP contribution < -0.4 is 10.1 Å². The van der Waals surface area contributed by atoms with Gasteiger partial charge in [-0.1, -0.05) is 36.4 Å². The molecule has 234 valence electrons. The number of halogens is 1. The zero-order chi connectivity index (χ0) is 32.3. The molecule has 0 bridgehead atoms. The number of aromatic amines is 2. The molecule has 7 rings (SSSR count). The number of hydrogen-bond acceptors (Lipinski definition) is 6. The lowest BCUT2D eigenvalue weighted by Gasteiger charge is -2.12. The lowest BCUT2D eigenvalue weighted by atomic mass is 10.0. The average Bonchev–Trinajstić information content (AvgIpc) is 3.69. The Bertz CT molecular complexity index is 2210. The summed E-state index contributed by atoms with van der Waals surface area (Å²) in [4.78, 5) is 26.9. The van der Waals surface area contributed by atoms with Gasteiger partial charge >= 0.3 is 0 Å². The number of nitrogens with one attached hydrogen (secondary N) is 3. The van der Waals surface area contributed by atoms with Crippen molar-refractivity contribution in [1.29, 1.82) is 0 Å². The molecule has 3 N–H and O–H groups in total. The molecule has 0 fully saturated rings. The van der Waals surface area contributed by atoms with Gasteiger partial charge in [0.1, 0.15) is 23.9 Å². The van der Waals surface area contributed by atoms with Gasteiger partial charge in [-0.3, -0.25) is 19.9 Å². The highest BCUT2D eigenvalue weighted by Gasteiger charge is 2.16. The van der Waals surface area contributed by atoms with Gasteiger partial charge in [-0.2, -0.15) is 5.10 Å². The molecule has 0 spiro atoms. The summed E-state index contributed by atoms with van der Waals surface area (Å²) < 4.78 is 20.5. The summed E-state index contributed by atoms with van der Waals surface area (Å²) in [5.41, 5.74) is 7.98. The first-order valence-electron chi connectivity index (χ1n) is 15.2. The van der Waals surface area contributed by atoms with E-state index in [9.17, 15) is 9.18 Å². The van der Waals surface area contributed by atoms with Crippen LogP contribution in [0.1, 0.15) is 5.56 Å². The second-order valence-electron chi connectivity index (χ2n) is 11.7. The molecule has 4 heterocycles. The van der Waals surface area contributed by atoms with Crippen molar-refractivity contribution >= 4 is 33.4 Å². The zero-order valence-electron chi connectivity index (χ0n) is 25.9. The van der Waals surface area contributed by atoms with Crippen molar-refractivity contribution < 1.29 is 13.9 Å². The summed E-state index contributed by atoms with van der Waals surface area (Å²) in [7, 11) is 3.92. The van der Waals surface area contributed by atoms with Crippen molar-refractivity contribution in [1.82, 2.24) is 30.0 Å². The van der Waals surface area contributed by atoms with Gasteiger partial charge in [0.2, 0.25) is 5.91 Å². The van der Waals surface area contributed by atoms with E-state index in [1.807, 2.05) is 79.7 Å². The van der Waals surface area contributed by atoms with Crippen molar-refractivity contribution in [3.63, 3.8) is 0 Å². The Morgan fingerprint density at radius 3 is 2.55 bits per heavy atom. The number of pyridine rings is 2. The van der Waals surface area contributed by atoms with Gasteiger partial charge in [0.25, 0.3) is 0 Å². The number of H-pyrrole nitrogens is 2. The number of nitrogens with zero attached hydrogens (tertiary/aromatic N) is 4. The molecule has 0 aliphatic carbocycles. The molecule has 4 aromatic heterocycles. The molecule has 1 amide bonds. The third kappa shape index (κ3) is 6.58. The number of aromatic nitrogens is 5. The van der Waals surface area contributed by atoms with E-state index >= 15 is 0 Å². The van der Waals surface area contributed by atoms with Crippen LogP contribution >= 0.6 is 0 Å². The number of anilines is 1. The van der Waals surface area contributed by atoms with Gasteiger partial charge in [-0.25, -0.2) is 4.39 Å². The number of carbonyl (C=O) groups is 1. The minimum atomic E-state index is -0.379. The van der Waals surface area contributed by atoms with Gasteiger partial charge < -0.3 is 19.9 Å². The van der Waals surface area contributed by atoms with E-state index in [-0.39, 0.29) is 18.1 Å². The normalized spacial score (nSPS) is 11.4. The summed E-state index contributed by atoms with van der Waals surface area (Å²) in [6, 6.07) is 24.3. The highest BCUT2D eigenvalue weighted by atomic mass is 19.1. The highest BCUT2D eigenvalue weighted by Crippen LogP contribution is 2.36. The van der Waals surface area contributed by atoms with E-state index in [0.717, 1.165) is 62.0 Å². The standard InChI is InChI=1S/C37H32FN7O2/c1-45(2)10-11-47-29-15-25(13-27(38)17-29)32-21-40-22-35-30(32)18-34(42-35)37-31-16-24(8-9-33(31)43-44-37)26-14-28(20-39-19-26)41-36(46)12-23-6-4-3-5-7-23/h3-9,13-22,42H,10-12H2,1-2H3,(H,41,46)(H,43,44). The number of hydrogen-bond donors (Lipinski definition) is 3. The highest BCUT2D eigenvalue weighted by molar-refractivity contribution is 6.01. The number of fused-ring (bicyclic) bond motifs is 2. The smallest absolute Gasteiger partial charge is 0.228 e. The fraction of sp³-hybridized carbons (Fsp3) is 0.135. The molecule has 3 aromatic carbocycles. The molecule has 10 heteroatoms. The zero-order valence-corrected chi connectivity index (χ0v) is 25.9. The van der Waals surface area contributed by atoms with Crippen molar-refractivity contribution in [2.45, 2.75) is 6.42 Å². The van der Waals surface area contributed by atoms with Crippen LogP contribution in [0.25, 0.3) is 55.4 Å². The average molecular weight is 626 g/mol. The van der Waals surface area contributed by atoms with Crippen LogP contribution in [0.15, 0.2) is 104 Å². The SMILES string of the molecule is CN(C)CCOc1cc(F)cc(-c2cncc3[nH]c(-c4n[nH]c5ccc(-c6cncc(NC(=O)Cc7ccccc7)c6)cc45)cc23)c1. The Kier molecular flexibility index (Phi) is 8.16. The van der Waals surface area contributed by atoms with Crippen molar-refractivity contribution in [3.05, 3.63) is 115 Å². The lowest BCUT2D eigenvalue weighted by Crippen LogP contribution is -2.19. The molecule has 0 saturated carbocycles. The van der Waals surface area contributed by atoms with Gasteiger partial charge in [-0.15, -0.1) is 0 Å². The van der Waals surface area contributed by atoms with Crippen LogP contribution in [0.5, 0.6) is 5.75 Å². The second kappa shape index (κ2) is 12.9. The van der Waals surface area contributed by atoms with Gasteiger partial charge in [0.15, 0.2) is 0 Å². The molecule has 0 saturated heterocycles. The quantitative estimate of drug-likeness (QED) is 0.150. The van der Waals surface area contributed by atoms with E-state index in [4.69, 9.17) is 4.74 Å². The lowest BCUT2D eigenvalue weighted by molar-refractivity contribution is -0.115. The van der Waals surface area contributed by atoms with Crippen LogP contribution in [0, 0.1) is 5.82 Å². The maximum Gasteiger partial charge on any atom is 0.228 e. The Balaban J connectivity index is 1.18. The van der Waals surface area contributed by atoms with E-state index in [1.54, 1.807) is 24.8 Å². The maximum absolute atomic E-state index is 14.7. The number of amides is 1. The van der Waals surface area contributed by atoms with E-state index in [1.165, 1.54) is 12.1 Å². The van der Waals surface area contributed by atoms with Crippen molar-refractivity contribution in [2.24, 2.45) is 0 Å². The number of carbonyl (C=O) groups excluding carboxylic acids is 1. The first-order valence-corrected chi connectivity index (χ1v) is 15.2. The summed E-state index contributed by atoms with van der Waals surface area (Å²) >= 11 is 0. The Morgan fingerprint density at radius 2 is 1.70 bits per heavy atom. The van der Waals surface area contributed by atoms with Gasteiger partial charge in [-0.05, 0) is 67.2 Å². The first kappa shape index (κ1) is 29.8. The first-order chi connectivity index (χ1) is 22.9. The Labute approximate surface area is 270 Å². The second-order valence-corrected chi connectivity index (χ2v) is 11.7. The van der Waals surface area contributed by atoms with Crippen molar-refractivity contribution in [3.8, 4) is 39.4 Å². The Hall–Kier alpha value is -5.87. The number of rotatable bonds is 10. The van der Waals surface area contributed by atoms with E-state index in [0.29, 0.717) is 23.6 Å². The van der Waals surface area contributed by atoms with E-state index in [2.05, 4.69) is 36.5 Å². The molecular formula is C37H32FN7O2. The van der Waals surface area contributed by atoms with Crippen LogP contribution in [0.3, 0.4) is 0 Å². The predicted octanol–water partition coefficient (Wildman–Crippen LogP) is 7.10. The fourth-order valence-corrected chi connectivity index (χ4v) is 5.61. The summed E-state index contributed by atoms with van der Waals surface area (Å²) in [5.74, 6) is -0.0215. The summed E-state index contributed by atoms with van der Waals surface area (Å²) in [6.07, 6.45) is 7.17. The predicted molar refractivity (Wildman–Crippen MR) is 183 cm³/mol. The van der Waals surface area contributed by atoms with Gasteiger partial charge in [0.05, 0.1) is 41.2 Å². The third-order valence-corrected chi connectivity index (χ3v) is 7.92. The molecule has 0 aliphatic heterocycles. The molecule has 47 heavy (non-hydrogen) atoms. The minimum absolute atomic E-state index is 0.110. The molecule has 0 radical (unpaired) electrons. The van der Waals surface area contributed by atoms with Crippen molar-refractivity contribution in [2.75, 3.05) is 32.6 Å². The van der Waals surface area contributed by atoms with E-state index < -0.39 is 0 Å². The monoisotopic (exact) mass is 625 g/mol. The fourth-order valence-electron chi connectivity index (χ4n) is 5.61. The maximum atomic E-state index is 14.7. The van der Waals surface area contributed by atoms with Crippen LogP contribution in [0.2, 0.25) is 0 Å². The molecule has 7 aromatic rings. The van der Waals surface area contributed by atoms with Crippen LogP contribution in [-0.4, -0.2) is 63.2 Å². The largest absolute Gasteiger partial charge is 0.492 e. The van der Waals surface area contributed by atoms with Crippen LogP contribution in [0.4, 0.5) is 10.1 Å². The third-order valence-electron chi connectivity index (χ3n) is 7.92. The summed E-state index contributed by atoms with van der Waals surface area (Å²) in [6.45, 7) is 1.17. The number of benzene rings is 3. The number of ether oxygens (including phenoxy) is 1. The molecule has 9 nitrogen and oxygen atoms in total.